The quantitative estimate of drug-likeness (QED) is 0.153. The third-order valence-electron chi connectivity index (χ3n) is 8.57. The summed E-state index contributed by atoms with van der Waals surface area (Å²) < 4.78 is 34.6. The van der Waals surface area contributed by atoms with E-state index in [1.165, 1.54) is 12.1 Å². The van der Waals surface area contributed by atoms with E-state index in [0.717, 1.165) is 33.6 Å². The lowest BCUT2D eigenvalue weighted by atomic mass is 9.94. The third-order valence-corrected chi connectivity index (χ3v) is 8.57. The van der Waals surface area contributed by atoms with Crippen molar-refractivity contribution in [3.63, 3.8) is 0 Å². The van der Waals surface area contributed by atoms with Crippen LogP contribution in [0.3, 0.4) is 0 Å². The van der Waals surface area contributed by atoms with Crippen molar-refractivity contribution in [1.82, 2.24) is 4.57 Å². The molecule has 0 saturated carbocycles. The summed E-state index contributed by atoms with van der Waals surface area (Å²) in [6.07, 6.45) is 0.539. The number of esters is 1. The van der Waals surface area contributed by atoms with E-state index in [1.807, 2.05) is 65.0 Å². The van der Waals surface area contributed by atoms with Crippen LogP contribution < -0.4 is 5.32 Å². The number of anilines is 1. The molecule has 3 aromatic carbocycles. The van der Waals surface area contributed by atoms with Gasteiger partial charge in [0.05, 0.1) is 36.5 Å². The molecule has 1 aliphatic rings. The molecule has 50 heavy (non-hydrogen) atoms. The number of amides is 1. The van der Waals surface area contributed by atoms with Crippen molar-refractivity contribution >= 4 is 17.6 Å². The van der Waals surface area contributed by atoms with Crippen molar-refractivity contribution < 1.29 is 33.3 Å². The highest BCUT2D eigenvalue weighted by Crippen LogP contribution is 2.43. The van der Waals surface area contributed by atoms with Gasteiger partial charge in [0.2, 0.25) is 0 Å². The molecule has 1 saturated heterocycles. The van der Waals surface area contributed by atoms with E-state index in [4.69, 9.17) is 14.2 Å². The molecule has 1 fully saturated rings. The van der Waals surface area contributed by atoms with E-state index in [2.05, 4.69) is 23.7 Å². The zero-order valence-electron chi connectivity index (χ0n) is 30.1. The second kappa shape index (κ2) is 15.3. The largest absolute Gasteiger partial charge is 0.460 e. The Morgan fingerprint density at radius 1 is 0.960 bits per heavy atom. The van der Waals surface area contributed by atoms with Crippen molar-refractivity contribution in [2.24, 2.45) is 0 Å². The second-order valence-electron chi connectivity index (χ2n) is 14.7. The summed E-state index contributed by atoms with van der Waals surface area (Å²) in [4.78, 5) is 27.2. The molecule has 2 N–H and O–H groups in total. The van der Waals surface area contributed by atoms with Crippen LogP contribution in [-0.4, -0.2) is 45.1 Å². The van der Waals surface area contributed by atoms with Crippen molar-refractivity contribution in [3.8, 4) is 22.4 Å². The molecule has 2 atom stereocenters. The highest BCUT2D eigenvalue weighted by atomic mass is 19.1. The molecular formula is C41H49FN2O6. The number of nitrogens with zero attached hydrogens (tertiary/aromatic N) is 1. The molecule has 4 aromatic rings. The molecular weight excluding hydrogens is 635 g/mol. The van der Waals surface area contributed by atoms with Crippen molar-refractivity contribution in [2.75, 3.05) is 5.32 Å². The molecule has 9 heteroatoms. The molecule has 2 heterocycles. The Labute approximate surface area is 294 Å². The van der Waals surface area contributed by atoms with Crippen molar-refractivity contribution in [2.45, 2.75) is 110 Å². The molecule has 1 aromatic heterocycles. The summed E-state index contributed by atoms with van der Waals surface area (Å²) in [5, 5.41) is 12.6. The molecule has 5 rings (SSSR count). The van der Waals surface area contributed by atoms with Crippen LogP contribution in [0.1, 0.15) is 95.3 Å². The number of nitrogens with one attached hydrogen (secondary N) is 1. The first-order valence-electron chi connectivity index (χ1n) is 17.3. The normalized spacial score (nSPS) is 17.5. The Morgan fingerprint density at radius 3 is 2.20 bits per heavy atom. The third kappa shape index (κ3) is 9.07. The highest BCUT2D eigenvalue weighted by molar-refractivity contribution is 6.12. The SMILES string of the molecule is CC(C)c1c(C(=O)Nc2ccc(CO)cc2)c(-c2ccccc2)c(-c2ccc(F)cc2)n1CC[C@@H]1C[C@H](CC(=O)OC(C)(C)C)OC(C)(C)O1. The van der Waals surface area contributed by atoms with Crippen LogP contribution in [0, 0.1) is 5.82 Å². The van der Waals surface area contributed by atoms with Gasteiger partial charge in [0.15, 0.2) is 5.79 Å². The number of ether oxygens (including phenoxy) is 3. The van der Waals surface area contributed by atoms with Gasteiger partial charge in [0.25, 0.3) is 5.91 Å². The second-order valence-corrected chi connectivity index (χ2v) is 14.7. The fourth-order valence-corrected chi connectivity index (χ4v) is 6.74. The van der Waals surface area contributed by atoms with Gasteiger partial charge in [0, 0.05) is 29.9 Å². The number of hydrogen-bond acceptors (Lipinski definition) is 6. The van der Waals surface area contributed by atoms with Gasteiger partial charge in [0.1, 0.15) is 11.4 Å². The Kier molecular flexibility index (Phi) is 11.3. The molecule has 1 aliphatic heterocycles. The van der Waals surface area contributed by atoms with Gasteiger partial charge < -0.3 is 29.2 Å². The summed E-state index contributed by atoms with van der Waals surface area (Å²) in [6, 6.07) is 23.2. The number of aliphatic hydroxyl groups is 1. The monoisotopic (exact) mass is 684 g/mol. The molecule has 0 bridgehead atoms. The van der Waals surface area contributed by atoms with Crippen molar-refractivity contribution in [3.05, 3.63) is 102 Å². The summed E-state index contributed by atoms with van der Waals surface area (Å²) in [5.41, 5.74) is 5.30. The number of aliphatic hydroxyl groups excluding tert-OH is 1. The van der Waals surface area contributed by atoms with E-state index in [-0.39, 0.29) is 48.8 Å². The van der Waals surface area contributed by atoms with Crippen LogP contribution >= 0.6 is 0 Å². The van der Waals surface area contributed by atoms with E-state index in [9.17, 15) is 19.1 Å². The van der Waals surface area contributed by atoms with Crippen LogP contribution in [0.25, 0.3) is 22.4 Å². The Balaban J connectivity index is 1.59. The standard InChI is InChI=1S/C41H49FN2O6/c1-26(2)37-36(39(47)43-31-19-13-27(25-45)14-20-31)35(28-11-9-8-10-12-28)38(29-15-17-30(42)18-16-29)44(37)22-21-32-23-33(49-41(6,7)48-32)24-34(46)50-40(3,4)5/h8-20,26,32-33,45H,21-25H2,1-7H3,(H,43,47)/t32-,33-/m1/s1. The Hall–Kier alpha value is -4.31. The summed E-state index contributed by atoms with van der Waals surface area (Å²) >= 11 is 0. The van der Waals surface area contributed by atoms with Crippen LogP contribution in [0.15, 0.2) is 78.9 Å². The van der Waals surface area contributed by atoms with E-state index >= 15 is 0 Å². The number of hydrogen-bond donors (Lipinski definition) is 2. The number of carbonyl (C=O) groups excluding carboxylic acids is 2. The van der Waals surface area contributed by atoms with Gasteiger partial charge in [-0.25, -0.2) is 4.39 Å². The lowest BCUT2D eigenvalue weighted by Crippen LogP contribution is -2.46. The number of carbonyl (C=O) groups is 2. The minimum Gasteiger partial charge on any atom is -0.460 e. The first kappa shape index (κ1) is 37.0. The first-order chi connectivity index (χ1) is 23.6. The van der Waals surface area contributed by atoms with E-state index in [0.29, 0.717) is 30.6 Å². The lowest BCUT2D eigenvalue weighted by Gasteiger charge is -2.41. The summed E-state index contributed by atoms with van der Waals surface area (Å²) in [7, 11) is 0. The number of benzene rings is 3. The van der Waals surface area contributed by atoms with Crippen LogP contribution in [0.4, 0.5) is 10.1 Å². The Morgan fingerprint density at radius 2 is 1.60 bits per heavy atom. The minimum absolute atomic E-state index is 0.0730. The first-order valence-corrected chi connectivity index (χ1v) is 17.3. The van der Waals surface area contributed by atoms with Gasteiger partial charge in [-0.1, -0.05) is 56.3 Å². The van der Waals surface area contributed by atoms with Gasteiger partial charge in [-0.05, 0) is 100 Å². The maximum Gasteiger partial charge on any atom is 0.308 e. The van der Waals surface area contributed by atoms with Crippen molar-refractivity contribution in [1.29, 1.82) is 0 Å². The molecule has 266 valence electrons. The molecule has 0 spiro atoms. The summed E-state index contributed by atoms with van der Waals surface area (Å²) in [5.74, 6) is -1.93. The lowest BCUT2D eigenvalue weighted by molar-refractivity contribution is -0.301. The van der Waals surface area contributed by atoms with Crippen LogP contribution in [-0.2, 0) is 32.2 Å². The average Bonchev–Trinajstić information content (AvgIpc) is 3.39. The fourth-order valence-electron chi connectivity index (χ4n) is 6.74. The highest BCUT2D eigenvalue weighted by Gasteiger charge is 2.38. The minimum atomic E-state index is -0.918. The van der Waals surface area contributed by atoms with E-state index < -0.39 is 11.4 Å². The maximum absolute atomic E-state index is 14.5. The number of aromatic nitrogens is 1. The van der Waals surface area contributed by atoms with Crippen LogP contribution in [0.2, 0.25) is 0 Å². The predicted molar refractivity (Wildman–Crippen MR) is 193 cm³/mol. The summed E-state index contributed by atoms with van der Waals surface area (Å²) in [6.45, 7) is 13.7. The van der Waals surface area contributed by atoms with Gasteiger partial charge in [-0.2, -0.15) is 0 Å². The van der Waals surface area contributed by atoms with E-state index in [1.54, 1.807) is 36.4 Å². The fraction of sp³-hybridized carbons (Fsp3) is 0.415. The average molecular weight is 685 g/mol. The molecule has 0 unspecified atom stereocenters. The molecule has 0 radical (unpaired) electrons. The smallest absolute Gasteiger partial charge is 0.308 e. The number of rotatable bonds is 11. The molecule has 1 amide bonds. The predicted octanol–water partition coefficient (Wildman–Crippen LogP) is 8.86. The molecule has 8 nitrogen and oxygen atoms in total. The number of halogens is 1. The molecule has 0 aliphatic carbocycles. The topological polar surface area (TPSA) is 99.0 Å². The van der Waals surface area contributed by atoms with Gasteiger partial charge in [-0.3, -0.25) is 9.59 Å². The Bertz CT molecular complexity index is 1770. The van der Waals surface area contributed by atoms with Gasteiger partial charge in [-0.15, -0.1) is 0 Å². The van der Waals surface area contributed by atoms with Crippen LogP contribution in [0.5, 0.6) is 0 Å². The maximum atomic E-state index is 14.5. The zero-order chi connectivity index (χ0) is 36.2. The van der Waals surface area contributed by atoms with Gasteiger partial charge >= 0.3 is 5.97 Å². The zero-order valence-corrected chi connectivity index (χ0v) is 30.1.